The molecule has 2 saturated heterocycles. The molecule has 4 fully saturated rings. The predicted octanol–water partition coefficient (Wildman–Crippen LogP) is 3.86. The van der Waals surface area contributed by atoms with Crippen LogP contribution in [0.25, 0.3) is 0 Å². The van der Waals surface area contributed by atoms with Gasteiger partial charge < -0.3 is 14.4 Å². The van der Waals surface area contributed by atoms with Crippen LogP contribution < -0.4 is 19.3 Å². The lowest BCUT2D eigenvalue weighted by Gasteiger charge is -2.37. The van der Waals surface area contributed by atoms with Crippen molar-refractivity contribution < 1.29 is 28.7 Å². The maximum absolute atomic E-state index is 13.3. The molecule has 6 aliphatic rings. The number of nitrogens with zero attached hydrogens (tertiary/aromatic N) is 2. The highest BCUT2D eigenvalue weighted by Gasteiger charge is 2.67. The van der Waals surface area contributed by atoms with Gasteiger partial charge in [-0.05, 0) is 72.6 Å². The highest BCUT2D eigenvalue weighted by atomic mass is 35.5. The van der Waals surface area contributed by atoms with Crippen LogP contribution in [0.5, 0.6) is 11.5 Å². The number of halogens is 1. The average Bonchev–Trinajstić information content (AvgIpc) is 3.59. The molecule has 194 valence electrons. The van der Waals surface area contributed by atoms with Crippen LogP contribution in [0.3, 0.4) is 0 Å². The third-order valence-corrected chi connectivity index (χ3v) is 9.10. The van der Waals surface area contributed by atoms with Gasteiger partial charge in [-0.3, -0.25) is 24.1 Å². The molecule has 2 bridgehead atoms. The number of rotatable bonds is 5. The number of benzene rings is 2. The molecule has 2 aromatic carbocycles. The Kier molecular flexibility index (Phi) is 5.20. The summed E-state index contributed by atoms with van der Waals surface area (Å²) < 4.78 is 10.9. The normalized spacial score (nSPS) is 32.5. The Morgan fingerprint density at radius 3 is 2.24 bits per heavy atom. The smallest absolute Gasteiger partial charge is 0.316 e. The van der Waals surface area contributed by atoms with Crippen LogP contribution in [0, 0.1) is 41.4 Å². The Balaban J connectivity index is 1.04. The Labute approximate surface area is 224 Å². The fraction of sp³-hybridized carbons (Fsp3) is 0.379. The number of anilines is 2. The van der Waals surface area contributed by atoms with Crippen molar-refractivity contribution in [2.24, 2.45) is 41.4 Å². The van der Waals surface area contributed by atoms with Gasteiger partial charge in [-0.2, -0.15) is 0 Å². The maximum Gasteiger partial charge on any atom is 0.316 e. The molecule has 9 heteroatoms. The van der Waals surface area contributed by atoms with E-state index in [9.17, 15) is 19.2 Å². The van der Waals surface area contributed by atoms with Gasteiger partial charge in [-0.1, -0.05) is 23.8 Å². The van der Waals surface area contributed by atoms with Crippen molar-refractivity contribution in [1.29, 1.82) is 0 Å². The number of amides is 3. The van der Waals surface area contributed by atoms with Crippen molar-refractivity contribution in [2.75, 3.05) is 23.5 Å². The lowest BCUT2D eigenvalue weighted by atomic mass is 9.63. The molecule has 8 rings (SSSR count). The van der Waals surface area contributed by atoms with E-state index >= 15 is 0 Å². The van der Waals surface area contributed by atoms with E-state index in [1.165, 1.54) is 16.9 Å². The van der Waals surface area contributed by atoms with Crippen LogP contribution in [0.1, 0.15) is 12.8 Å². The Morgan fingerprint density at radius 2 is 1.61 bits per heavy atom. The molecule has 2 aromatic rings. The minimum Gasteiger partial charge on any atom is -0.495 e. The number of hydrogen-bond donors (Lipinski definition) is 0. The molecule has 0 radical (unpaired) electrons. The van der Waals surface area contributed by atoms with E-state index in [1.807, 2.05) is 0 Å². The monoisotopic (exact) mass is 532 g/mol. The first-order chi connectivity index (χ1) is 18.4. The van der Waals surface area contributed by atoms with Crippen molar-refractivity contribution in [2.45, 2.75) is 12.8 Å². The van der Waals surface area contributed by atoms with Gasteiger partial charge >= 0.3 is 5.97 Å². The zero-order valence-corrected chi connectivity index (χ0v) is 21.3. The van der Waals surface area contributed by atoms with Gasteiger partial charge in [0.15, 0.2) is 0 Å². The Hall–Kier alpha value is -3.65. The van der Waals surface area contributed by atoms with E-state index in [4.69, 9.17) is 21.1 Å². The molecule has 38 heavy (non-hydrogen) atoms. The molecule has 0 unspecified atom stereocenters. The summed E-state index contributed by atoms with van der Waals surface area (Å²) in [7, 11) is 1.50. The van der Waals surface area contributed by atoms with Crippen molar-refractivity contribution >= 4 is 46.7 Å². The zero-order valence-electron chi connectivity index (χ0n) is 20.6. The van der Waals surface area contributed by atoms with Gasteiger partial charge in [-0.15, -0.1) is 0 Å². The number of ether oxygens (including phenoxy) is 2. The number of hydrogen-bond acceptors (Lipinski definition) is 6. The standard InChI is InChI=1S/C29H25ClN2O6/c1-37-23-9-2-15(30)11-22(23)31-13-14(10-24(31)33)29(36)38-17-5-3-16(4-6-17)32-27(34)25-18-7-8-19(21-12-20(18)21)26(25)28(32)35/h2-9,11,14,18-21,25-26H,10,12-13H2,1H3/t14-,18+,19+,20-,21+,25-,26-/m1/s1. The second-order valence-electron chi connectivity index (χ2n) is 10.8. The first-order valence-electron chi connectivity index (χ1n) is 12.9. The van der Waals surface area contributed by atoms with Crippen LogP contribution in [-0.4, -0.2) is 37.3 Å². The van der Waals surface area contributed by atoms with Crippen LogP contribution >= 0.6 is 11.6 Å². The van der Waals surface area contributed by atoms with Crippen molar-refractivity contribution in [3.05, 3.63) is 59.6 Å². The quantitative estimate of drug-likeness (QED) is 0.251. The lowest BCUT2D eigenvalue weighted by Crippen LogP contribution is -2.40. The Bertz CT molecular complexity index is 1380. The van der Waals surface area contributed by atoms with Crippen molar-refractivity contribution in [1.82, 2.24) is 0 Å². The highest BCUT2D eigenvalue weighted by Crippen LogP contribution is 2.65. The molecule has 7 atom stereocenters. The second-order valence-corrected chi connectivity index (χ2v) is 11.2. The van der Waals surface area contributed by atoms with Crippen LogP contribution in [0.15, 0.2) is 54.6 Å². The van der Waals surface area contributed by atoms with E-state index in [2.05, 4.69) is 12.2 Å². The first kappa shape index (κ1) is 23.5. The van der Waals surface area contributed by atoms with Crippen LogP contribution in [0.2, 0.25) is 5.02 Å². The highest BCUT2D eigenvalue weighted by molar-refractivity contribution is 6.31. The number of esters is 1. The summed E-state index contributed by atoms with van der Waals surface area (Å²) in [6.07, 6.45) is 5.42. The van der Waals surface area contributed by atoms with Gasteiger partial charge in [-0.25, -0.2) is 0 Å². The third kappa shape index (κ3) is 3.42. The largest absolute Gasteiger partial charge is 0.495 e. The molecule has 2 heterocycles. The number of imide groups is 1. The summed E-state index contributed by atoms with van der Waals surface area (Å²) in [5.74, 6) is -0.0213. The summed E-state index contributed by atoms with van der Waals surface area (Å²) >= 11 is 6.11. The van der Waals surface area contributed by atoms with E-state index in [0.717, 1.165) is 6.42 Å². The van der Waals surface area contributed by atoms with Gasteiger partial charge in [0.2, 0.25) is 17.7 Å². The van der Waals surface area contributed by atoms with Crippen molar-refractivity contribution in [3.63, 3.8) is 0 Å². The molecule has 0 spiro atoms. The van der Waals surface area contributed by atoms with E-state index in [1.54, 1.807) is 42.5 Å². The fourth-order valence-electron chi connectivity index (χ4n) is 7.05. The molecule has 0 aromatic heterocycles. The molecular formula is C29H25ClN2O6. The molecule has 2 aliphatic heterocycles. The fourth-order valence-corrected chi connectivity index (χ4v) is 7.21. The van der Waals surface area contributed by atoms with E-state index in [0.29, 0.717) is 34.0 Å². The molecular weight excluding hydrogens is 508 g/mol. The van der Waals surface area contributed by atoms with Gasteiger partial charge in [0.25, 0.3) is 0 Å². The van der Waals surface area contributed by atoms with E-state index < -0.39 is 11.9 Å². The van der Waals surface area contributed by atoms with E-state index in [-0.39, 0.29) is 60.1 Å². The number of methoxy groups -OCH3 is 1. The van der Waals surface area contributed by atoms with Gasteiger partial charge in [0.1, 0.15) is 11.5 Å². The molecule has 4 aliphatic carbocycles. The maximum atomic E-state index is 13.3. The molecule has 0 N–H and O–H groups in total. The van der Waals surface area contributed by atoms with Gasteiger partial charge in [0, 0.05) is 18.0 Å². The summed E-state index contributed by atoms with van der Waals surface area (Å²) in [5, 5.41) is 0.453. The summed E-state index contributed by atoms with van der Waals surface area (Å²) in [6.45, 7) is 0.143. The van der Waals surface area contributed by atoms with Crippen LogP contribution in [0.4, 0.5) is 11.4 Å². The number of carbonyl (C=O) groups excluding carboxylic acids is 4. The molecule has 8 nitrogen and oxygen atoms in total. The average molecular weight is 533 g/mol. The summed E-state index contributed by atoms with van der Waals surface area (Å²) in [6, 6.07) is 11.4. The number of carbonyl (C=O) groups is 4. The predicted molar refractivity (Wildman–Crippen MR) is 138 cm³/mol. The topological polar surface area (TPSA) is 93.2 Å². The number of allylic oxidation sites excluding steroid dienone is 2. The summed E-state index contributed by atoms with van der Waals surface area (Å²) in [5.41, 5.74) is 0.989. The Morgan fingerprint density at radius 1 is 0.947 bits per heavy atom. The van der Waals surface area contributed by atoms with Gasteiger partial charge in [0.05, 0.1) is 36.2 Å². The molecule has 2 saturated carbocycles. The minimum atomic E-state index is -0.662. The van der Waals surface area contributed by atoms with Crippen molar-refractivity contribution in [3.8, 4) is 11.5 Å². The summed E-state index contributed by atoms with van der Waals surface area (Å²) in [4.78, 5) is 55.0. The lowest BCUT2D eigenvalue weighted by molar-refractivity contribution is -0.139. The van der Waals surface area contributed by atoms with Crippen LogP contribution in [-0.2, 0) is 19.2 Å². The molecule has 3 amide bonds. The SMILES string of the molecule is COc1ccc(Cl)cc1N1C[C@H](C(=O)Oc2ccc(N3C(=O)[C@@H]4[C@H]5C=C[C@@H]([C@@H]6C[C@H]56)[C@H]4C3=O)cc2)CC1=O. The second kappa shape index (κ2) is 8.43. The zero-order chi connectivity index (χ0) is 26.3. The first-order valence-corrected chi connectivity index (χ1v) is 13.3. The third-order valence-electron chi connectivity index (χ3n) is 8.87. The minimum absolute atomic E-state index is 0.00446.